The Kier molecular flexibility index (Phi) is 5.82. The molecule has 8 heteroatoms. The number of hydrogen-bond donors (Lipinski definition) is 2. The van der Waals surface area contributed by atoms with Crippen molar-refractivity contribution < 1.29 is 71.2 Å². The van der Waals surface area contributed by atoms with Gasteiger partial charge < -0.3 is 10.2 Å². The quantitative estimate of drug-likeness (QED) is 0.614. The molecule has 0 bridgehead atoms. The van der Waals surface area contributed by atoms with Crippen LogP contribution in [-0.2, 0) is 6.54 Å². The molecular formula is C11H9KN3O4+. The summed E-state index contributed by atoms with van der Waals surface area (Å²) in [5.74, 6) is -2.78. The summed E-state index contributed by atoms with van der Waals surface area (Å²) in [5.41, 5.74) is -0.174. The molecule has 0 fully saturated rings. The Morgan fingerprint density at radius 1 is 1.11 bits per heavy atom. The van der Waals surface area contributed by atoms with Gasteiger partial charge in [-0.1, -0.05) is 35.5 Å². The molecular weight excluding hydrogens is 277 g/mol. The standard InChI is InChI=1S/C11H9N3O4.K/c15-10(16)8-9(11(17)18)14(13-12-8)6-7-4-2-1-3-5-7;/h1-5H,6H2,(H,15,16)(H,17,18);/q;+1. The van der Waals surface area contributed by atoms with E-state index in [1.165, 1.54) is 0 Å². The van der Waals surface area contributed by atoms with Crippen LogP contribution in [0.1, 0.15) is 26.5 Å². The van der Waals surface area contributed by atoms with Crippen LogP contribution in [0.2, 0.25) is 0 Å². The summed E-state index contributed by atoms with van der Waals surface area (Å²) >= 11 is 0. The first-order valence-corrected chi connectivity index (χ1v) is 5.03. The first-order valence-electron chi connectivity index (χ1n) is 5.03. The van der Waals surface area contributed by atoms with Crippen molar-refractivity contribution in [3.05, 3.63) is 47.3 Å². The van der Waals surface area contributed by atoms with Crippen molar-refractivity contribution in [3.63, 3.8) is 0 Å². The van der Waals surface area contributed by atoms with E-state index in [0.717, 1.165) is 10.2 Å². The molecule has 0 aliphatic heterocycles. The molecule has 2 aromatic rings. The van der Waals surface area contributed by atoms with Crippen LogP contribution in [0.15, 0.2) is 30.3 Å². The topological polar surface area (TPSA) is 105 Å². The average Bonchev–Trinajstić information content (AvgIpc) is 2.74. The van der Waals surface area contributed by atoms with Crippen molar-refractivity contribution >= 4 is 11.9 Å². The van der Waals surface area contributed by atoms with Gasteiger partial charge in [-0.15, -0.1) is 5.10 Å². The summed E-state index contributed by atoms with van der Waals surface area (Å²) in [4.78, 5) is 21.8. The van der Waals surface area contributed by atoms with E-state index in [4.69, 9.17) is 10.2 Å². The second-order valence-corrected chi connectivity index (χ2v) is 3.54. The van der Waals surface area contributed by atoms with Crippen LogP contribution in [0.3, 0.4) is 0 Å². The van der Waals surface area contributed by atoms with Crippen molar-refractivity contribution in [1.29, 1.82) is 0 Å². The monoisotopic (exact) mass is 286 g/mol. The molecule has 0 atom stereocenters. The molecule has 92 valence electrons. The van der Waals surface area contributed by atoms with Gasteiger partial charge in [0.1, 0.15) is 0 Å². The Morgan fingerprint density at radius 2 is 1.74 bits per heavy atom. The Labute approximate surface area is 150 Å². The molecule has 0 aliphatic rings. The fourth-order valence-corrected chi connectivity index (χ4v) is 1.54. The number of aromatic nitrogens is 3. The van der Waals surface area contributed by atoms with E-state index in [0.29, 0.717) is 0 Å². The first kappa shape index (κ1) is 16.0. The van der Waals surface area contributed by atoms with Gasteiger partial charge in [0.15, 0.2) is 5.69 Å². The minimum atomic E-state index is -1.41. The summed E-state index contributed by atoms with van der Waals surface area (Å²) in [6.07, 6.45) is 0. The molecule has 1 heterocycles. The zero-order chi connectivity index (χ0) is 13.1. The Balaban J connectivity index is 0.00000180. The van der Waals surface area contributed by atoms with Gasteiger partial charge in [-0.2, -0.15) is 0 Å². The SMILES string of the molecule is O=C(O)c1nnn(Cc2ccccc2)c1C(=O)O.[K+]. The van der Waals surface area contributed by atoms with Crippen molar-refractivity contribution in [2.45, 2.75) is 6.54 Å². The van der Waals surface area contributed by atoms with Crippen LogP contribution < -0.4 is 51.4 Å². The molecule has 0 aliphatic carbocycles. The first-order chi connectivity index (χ1) is 8.59. The van der Waals surface area contributed by atoms with Crippen LogP contribution in [-0.4, -0.2) is 37.1 Å². The zero-order valence-electron chi connectivity index (χ0n) is 10.1. The fourth-order valence-electron chi connectivity index (χ4n) is 1.54. The molecule has 19 heavy (non-hydrogen) atoms. The van der Waals surface area contributed by atoms with Crippen LogP contribution in [0.25, 0.3) is 0 Å². The number of carboxylic acid groups (broad SMARTS) is 2. The van der Waals surface area contributed by atoms with Gasteiger partial charge in [-0.25, -0.2) is 14.3 Å². The van der Waals surface area contributed by atoms with Gasteiger partial charge in [-0.3, -0.25) is 0 Å². The number of carbonyl (C=O) groups is 2. The number of nitrogens with zero attached hydrogens (tertiary/aromatic N) is 3. The van der Waals surface area contributed by atoms with E-state index in [2.05, 4.69) is 10.3 Å². The van der Waals surface area contributed by atoms with E-state index in [-0.39, 0.29) is 57.9 Å². The molecule has 0 amide bonds. The van der Waals surface area contributed by atoms with Gasteiger partial charge in [0.25, 0.3) is 0 Å². The summed E-state index contributed by atoms with van der Waals surface area (Å²) < 4.78 is 1.06. The van der Waals surface area contributed by atoms with E-state index < -0.39 is 23.3 Å². The summed E-state index contributed by atoms with van der Waals surface area (Å²) in [6.45, 7) is 0.156. The van der Waals surface area contributed by atoms with E-state index >= 15 is 0 Å². The second-order valence-electron chi connectivity index (χ2n) is 3.54. The molecule has 0 unspecified atom stereocenters. The average molecular weight is 286 g/mol. The van der Waals surface area contributed by atoms with Crippen molar-refractivity contribution in [2.75, 3.05) is 0 Å². The van der Waals surface area contributed by atoms with Crippen molar-refractivity contribution in [1.82, 2.24) is 15.0 Å². The number of hydrogen-bond acceptors (Lipinski definition) is 4. The van der Waals surface area contributed by atoms with Gasteiger partial charge in [0, 0.05) is 0 Å². The Bertz CT molecular complexity index is 597. The summed E-state index contributed by atoms with van der Waals surface area (Å²) in [6, 6.07) is 8.99. The minimum absolute atomic E-state index is 0. The van der Waals surface area contributed by atoms with E-state index in [1.807, 2.05) is 6.07 Å². The summed E-state index contributed by atoms with van der Waals surface area (Å²) in [7, 11) is 0. The number of benzene rings is 1. The van der Waals surface area contributed by atoms with Gasteiger partial charge >= 0.3 is 63.3 Å². The van der Waals surface area contributed by atoms with E-state index in [9.17, 15) is 9.59 Å². The molecule has 0 saturated heterocycles. The molecule has 2 N–H and O–H groups in total. The van der Waals surface area contributed by atoms with Crippen LogP contribution in [0, 0.1) is 0 Å². The van der Waals surface area contributed by atoms with Crippen molar-refractivity contribution in [3.8, 4) is 0 Å². The molecule has 1 aromatic carbocycles. The molecule has 2 rings (SSSR count). The van der Waals surface area contributed by atoms with Gasteiger partial charge in [0.2, 0.25) is 5.69 Å². The maximum Gasteiger partial charge on any atom is 1.00 e. The predicted molar refractivity (Wildman–Crippen MR) is 59.5 cm³/mol. The molecule has 1 aromatic heterocycles. The third-order valence-corrected chi connectivity index (χ3v) is 2.32. The van der Waals surface area contributed by atoms with Crippen LogP contribution in [0.4, 0.5) is 0 Å². The molecule has 7 nitrogen and oxygen atoms in total. The maximum atomic E-state index is 11.0. The minimum Gasteiger partial charge on any atom is -0.476 e. The molecule has 0 radical (unpaired) electrons. The Hall–Kier alpha value is -1.06. The molecule has 0 spiro atoms. The predicted octanol–water partition coefficient (Wildman–Crippen LogP) is -2.27. The smallest absolute Gasteiger partial charge is 0.476 e. The number of aromatic carboxylic acids is 2. The van der Waals surface area contributed by atoms with Crippen LogP contribution in [0.5, 0.6) is 0 Å². The number of rotatable bonds is 4. The summed E-state index contributed by atoms with van der Waals surface area (Å²) in [5, 5.41) is 24.7. The number of carboxylic acids is 2. The third-order valence-electron chi connectivity index (χ3n) is 2.32. The normalized spacial score (nSPS) is 9.68. The van der Waals surface area contributed by atoms with Gasteiger partial charge in [0.05, 0.1) is 6.54 Å². The molecule has 0 saturated carbocycles. The second kappa shape index (κ2) is 6.92. The Morgan fingerprint density at radius 3 is 2.26 bits per heavy atom. The van der Waals surface area contributed by atoms with Crippen LogP contribution >= 0.6 is 0 Å². The van der Waals surface area contributed by atoms with Gasteiger partial charge in [-0.05, 0) is 5.56 Å². The largest absolute Gasteiger partial charge is 1.00 e. The fraction of sp³-hybridized carbons (Fsp3) is 0.0909. The van der Waals surface area contributed by atoms with Crippen molar-refractivity contribution in [2.24, 2.45) is 0 Å². The van der Waals surface area contributed by atoms with E-state index in [1.54, 1.807) is 24.3 Å². The maximum absolute atomic E-state index is 11.0. The zero-order valence-corrected chi connectivity index (χ0v) is 13.3. The third kappa shape index (κ3) is 3.70.